The van der Waals surface area contributed by atoms with Crippen molar-refractivity contribution in [3.05, 3.63) is 59.2 Å². The summed E-state index contributed by atoms with van der Waals surface area (Å²) in [5, 5.41) is 16.8. The zero-order chi connectivity index (χ0) is 19.0. The Balaban J connectivity index is 1.81. The van der Waals surface area contributed by atoms with Crippen LogP contribution in [0.25, 0.3) is 27.2 Å². The number of fused-ring (bicyclic) bond motifs is 1. The minimum Gasteiger partial charge on any atom is -0.493 e. The molecule has 3 heterocycles. The number of rotatable bonds is 4. The molecule has 1 aromatic carbocycles. The highest BCUT2D eigenvalue weighted by Gasteiger charge is 2.21. The van der Waals surface area contributed by atoms with E-state index in [2.05, 4.69) is 34.5 Å². The molecule has 27 heavy (non-hydrogen) atoms. The van der Waals surface area contributed by atoms with Crippen molar-refractivity contribution < 1.29 is 14.6 Å². The number of benzene rings is 1. The van der Waals surface area contributed by atoms with Crippen LogP contribution in [0.1, 0.15) is 22.8 Å². The number of carbonyl (C=O) groups excluding carboxylic acids is 1. The number of nitrogens with zero attached hydrogens (tertiary/aromatic N) is 3. The van der Waals surface area contributed by atoms with Gasteiger partial charge in [0.1, 0.15) is 5.56 Å². The van der Waals surface area contributed by atoms with Crippen LogP contribution in [0.4, 0.5) is 0 Å². The van der Waals surface area contributed by atoms with Crippen molar-refractivity contribution in [2.24, 2.45) is 0 Å². The van der Waals surface area contributed by atoms with Crippen molar-refractivity contribution in [3.63, 3.8) is 0 Å². The van der Waals surface area contributed by atoms with E-state index in [4.69, 9.17) is 4.74 Å². The lowest BCUT2D eigenvalue weighted by Crippen LogP contribution is -2.08. The molecule has 0 fully saturated rings. The van der Waals surface area contributed by atoms with E-state index in [1.165, 1.54) is 10.7 Å². The first-order valence-electron chi connectivity index (χ1n) is 8.48. The third-order valence-electron chi connectivity index (χ3n) is 4.37. The molecule has 136 valence electrons. The first-order chi connectivity index (χ1) is 13.1. The van der Waals surface area contributed by atoms with Crippen molar-refractivity contribution in [1.82, 2.24) is 14.6 Å². The summed E-state index contributed by atoms with van der Waals surface area (Å²) in [5.74, 6) is -0.901. The monoisotopic (exact) mass is 379 g/mol. The molecule has 3 aromatic heterocycles. The Morgan fingerprint density at radius 1 is 1.22 bits per heavy atom. The molecule has 7 heteroatoms. The van der Waals surface area contributed by atoms with Crippen molar-refractivity contribution in [1.29, 1.82) is 0 Å². The van der Waals surface area contributed by atoms with E-state index >= 15 is 0 Å². The lowest BCUT2D eigenvalue weighted by atomic mass is 10.0. The van der Waals surface area contributed by atoms with Gasteiger partial charge in [0.2, 0.25) is 5.88 Å². The van der Waals surface area contributed by atoms with Crippen molar-refractivity contribution in [3.8, 4) is 27.4 Å². The highest BCUT2D eigenvalue weighted by atomic mass is 32.1. The summed E-state index contributed by atoms with van der Waals surface area (Å²) in [6, 6.07) is 10.2. The standard InChI is InChI=1S/C20H17N3O3S/c1-3-26-20(25)15-9-21-18-14(10-22-23(18)19(15)24)17-12(2)16(11-27-17)13-7-5-4-6-8-13/h4-11,24H,3H2,1-2H3. The predicted octanol–water partition coefficient (Wildman–Crippen LogP) is 4.32. The molecule has 0 bridgehead atoms. The van der Waals surface area contributed by atoms with Gasteiger partial charge in [-0.15, -0.1) is 11.3 Å². The summed E-state index contributed by atoms with van der Waals surface area (Å²) in [7, 11) is 0. The number of esters is 1. The van der Waals surface area contributed by atoms with E-state index in [0.29, 0.717) is 5.65 Å². The van der Waals surface area contributed by atoms with Crippen LogP contribution >= 0.6 is 11.3 Å². The average Bonchev–Trinajstić information content (AvgIpc) is 3.26. The van der Waals surface area contributed by atoms with Crippen molar-refractivity contribution >= 4 is 23.0 Å². The Morgan fingerprint density at radius 3 is 2.74 bits per heavy atom. The van der Waals surface area contributed by atoms with Gasteiger partial charge >= 0.3 is 5.97 Å². The highest BCUT2D eigenvalue weighted by molar-refractivity contribution is 7.14. The summed E-state index contributed by atoms with van der Waals surface area (Å²) in [6.07, 6.45) is 2.99. The number of carbonyl (C=O) groups is 1. The topological polar surface area (TPSA) is 76.7 Å². The van der Waals surface area contributed by atoms with Crippen molar-refractivity contribution in [2.45, 2.75) is 13.8 Å². The molecule has 0 saturated heterocycles. The summed E-state index contributed by atoms with van der Waals surface area (Å²) in [6.45, 7) is 3.98. The fraction of sp³-hybridized carbons (Fsp3) is 0.150. The van der Waals surface area contributed by atoms with Crippen LogP contribution in [0.3, 0.4) is 0 Å². The Hall–Kier alpha value is -3.19. The van der Waals surface area contributed by atoms with Crippen molar-refractivity contribution in [2.75, 3.05) is 6.61 Å². The second kappa shape index (κ2) is 6.85. The molecule has 0 saturated carbocycles. The molecule has 4 rings (SSSR count). The molecule has 0 atom stereocenters. The van der Waals surface area contributed by atoms with E-state index in [0.717, 1.165) is 27.1 Å². The van der Waals surface area contributed by atoms with Gasteiger partial charge in [-0.2, -0.15) is 9.61 Å². The molecule has 6 nitrogen and oxygen atoms in total. The Labute approximate surface area is 159 Å². The fourth-order valence-electron chi connectivity index (χ4n) is 3.02. The van der Waals surface area contributed by atoms with Crippen LogP contribution in [0, 0.1) is 6.92 Å². The van der Waals surface area contributed by atoms with E-state index in [9.17, 15) is 9.90 Å². The van der Waals surface area contributed by atoms with Gasteiger partial charge in [0.05, 0.1) is 18.4 Å². The van der Waals surface area contributed by atoms with E-state index < -0.39 is 5.97 Å². The Bertz CT molecular complexity index is 1130. The average molecular weight is 379 g/mol. The Kier molecular flexibility index (Phi) is 4.37. The molecule has 0 aliphatic carbocycles. The minimum absolute atomic E-state index is 0.00752. The maximum atomic E-state index is 11.9. The maximum Gasteiger partial charge on any atom is 0.345 e. The van der Waals surface area contributed by atoms with Gasteiger partial charge in [-0.25, -0.2) is 9.78 Å². The minimum atomic E-state index is -0.625. The number of aromatic hydroxyl groups is 1. The predicted molar refractivity (Wildman–Crippen MR) is 104 cm³/mol. The third-order valence-corrected chi connectivity index (χ3v) is 5.48. The van der Waals surface area contributed by atoms with Crippen LogP contribution in [-0.2, 0) is 4.74 Å². The molecule has 0 aliphatic rings. The Morgan fingerprint density at radius 2 is 2.00 bits per heavy atom. The molecule has 1 N–H and O–H groups in total. The van der Waals surface area contributed by atoms with Gasteiger partial charge in [-0.3, -0.25) is 0 Å². The number of thiophene rings is 1. The van der Waals surface area contributed by atoms with Crippen LogP contribution in [0.2, 0.25) is 0 Å². The number of hydrogen-bond acceptors (Lipinski definition) is 6. The van der Waals surface area contributed by atoms with Gasteiger partial charge in [0.15, 0.2) is 5.65 Å². The lowest BCUT2D eigenvalue weighted by Gasteiger charge is -2.06. The largest absolute Gasteiger partial charge is 0.493 e. The molecule has 0 unspecified atom stereocenters. The second-order valence-corrected chi connectivity index (χ2v) is 6.86. The summed E-state index contributed by atoms with van der Waals surface area (Å²) >= 11 is 1.60. The molecule has 0 amide bonds. The lowest BCUT2D eigenvalue weighted by molar-refractivity contribution is 0.0521. The van der Waals surface area contributed by atoms with E-state index in [1.54, 1.807) is 24.5 Å². The van der Waals surface area contributed by atoms with Crippen LogP contribution in [-0.4, -0.2) is 32.3 Å². The normalized spacial score (nSPS) is 11.0. The van der Waals surface area contributed by atoms with Gasteiger partial charge in [0, 0.05) is 11.1 Å². The quantitative estimate of drug-likeness (QED) is 0.535. The number of hydrogen-bond donors (Lipinski definition) is 1. The molecular formula is C20H17N3O3S. The first-order valence-corrected chi connectivity index (χ1v) is 9.36. The zero-order valence-corrected chi connectivity index (χ0v) is 15.7. The van der Waals surface area contributed by atoms with Gasteiger partial charge in [-0.1, -0.05) is 30.3 Å². The number of ether oxygens (including phenoxy) is 1. The van der Waals surface area contributed by atoms with E-state index in [-0.39, 0.29) is 18.1 Å². The van der Waals surface area contributed by atoms with Gasteiger partial charge < -0.3 is 9.84 Å². The second-order valence-electron chi connectivity index (χ2n) is 5.98. The maximum absolute atomic E-state index is 11.9. The fourth-order valence-corrected chi connectivity index (χ4v) is 4.12. The zero-order valence-electron chi connectivity index (χ0n) is 14.8. The van der Waals surface area contributed by atoms with Crippen LogP contribution in [0.5, 0.6) is 5.88 Å². The molecule has 4 aromatic rings. The van der Waals surface area contributed by atoms with Gasteiger partial charge in [0.25, 0.3) is 0 Å². The van der Waals surface area contributed by atoms with Crippen LogP contribution < -0.4 is 0 Å². The van der Waals surface area contributed by atoms with Crippen LogP contribution in [0.15, 0.2) is 48.1 Å². The molecule has 0 aliphatic heterocycles. The molecule has 0 spiro atoms. The highest BCUT2D eigenvalue weighted by Crippen LogP contribution is 2.39. The smallest absolute Gasteiger partial charge is 0.345 e. The number of aromatic nitrogens is 3. The summed E-state index contributed by atoms with van der Waals surface area (Å²) < 4.78 is 6.21. The first kappa shape index (κ1) is 17.2. The van der Waals surface area contributed by atoms with Gasteiger partial charge in [-0.05, 0) is 35.9 Å². The summed E-state index contributed by atoms with van der Waals surface area (Å²) in [5.41, 5.74) is 4.72. The third kappa shape index (κ3) is 2.86. The molecule has 0 radical (unpaired) electrons. The van der Waals surface area contributed by atoms with E-state index in [1.807, 2.05) is 18.2 Å². The SMILES string of the molecule is CCOC(=O)c1cnc2c(-c3scc(-c4ccccc4)c3C)cnn2c1O. The molecular weight excluding hydrogens is 362 g/mol. The summed E-state index contributed by atoms with van der Waals surface area (Å²) in [4.78, 5) is 17.3.